The van der Waals surface area contributed by atoms with E-state index in [1.54, 1.807) is 6.08 Å². The summed E-state index contributed by atoms with van der Waals surface area (Å²) < 4.78 is 0. The number of hydrogen-bond donors (Lipinski definition) is 1. The lowest BCUT2D eigenvalue weighted by atomic mass is 9.84. The zero-order valence-electron chi connectivity index (χ0n) is 12.7. The molecule has 21 heavy (non-hydrogen) atoms. The molecule has 2 fully saturated rings. The van der Waals surface area contributed by atoms with Gasteiger partial charge in [-0.25, -0.2) is 0 Å². The van der Waals surface area contributed by atoms with Gasteiger partial charge in [-0.1, -0.05) is 56.5 Å². The van der Waals surface area contributed by atoms with Crippen molar-refractivity contribution < 1.29 is 10.1 Å². The Bertz CT molecular complexity index is 406. The maximum absolute atomic E-state index is 11.4. The Kier molecular flexibility index (Phi) is 6.21. The van der Waals surface area contributed by atoms with Crippen molar-refractivity contribution in [2.24, 2.45) is 17.0 Å². The first kappa shape index (κ1) is 16.0. The van der Waals surface area contributed by atoms with Gasteiger partial charge in [-0.3, -0.25) is 10.1 Å². The Labute approximate surface area is 126 Å². The third-order valence-corrected chi connectivity index (χ3v) is 4.86. The van der Waals surface area contributed by atoms with Gasteiger partial charge < -0.3 is 5.21 Å². The zero-order chi connectivity index (χ0) is 15.1. The van der Waals surface area contributed by atoms with Crippen LogP contribution in [0.5, 0.6) is 0 Å². The van der Waals surface area contributed by atoms with E-state index >= 15 is 0 Å². The smallest absolute Gasteiger partial charge is 0.290 e. The molecule has 2 aliphatic carbocycles. The first-order valence-electron chi connectivity index (χ1n) is 8.28. The van der Waals surface area contributed by atoms with Crippen molar-refractivity contribution in [3.8, 4) is 0 Å². The molecule has 0 radical (unpaired) electrons. The van der Waals surface area contributed by atoms with Gasteiger partial charge in [0.25, 0.3) is 5.70 Å². The Morgan fingerprint density at radius 3 is 2.19 bits per heavy atom. The molecule has 0 aromatic rings. The van der Waals surface area contributed by atoms with Gasteiger partial charge in [0.1, 0.15) is 0 Å². The summed E-state index contributed by atoms with van der Waals surface area (Å²) in [5, 5.41) is 23.9. The Balaban J connectivity index is 2.06. The average molecular weight is 294 g/mol. The topological polar surface area (TPSA) is 75.7 Å². The molecule has 2 aliphatic rings. The summed E-state index contributed by atoms with van der Waals surface area (Å²) in [6, 6.07) is 0. The molecule has 0 saturated heterocycles. The molecule has 0 amide bonds. The predicted octanol–water partition coefficient (Wildman–Crippen LogP) is 4.53. The van der Waals surface area contributed by atoms with Crippen LogP contribution in [-0.2, 0) is 0 Å². The minimum atomic E-state index is -0.369. The van der Waals surface area contributed by atoms with E-state index in [0.717, 1.165) is 38.5 Å². The highest BCUT2D eigenvalue weighted by Gasteiger charge is 2.26. The lowest BCUT2D eigenvalue weighted by Gasteiger charge is -2.21. The van der Waals surface area contributed by atoms with Crippen LogP contribution in [0.4, 0.5) is 0 Å². The molecule has 0 heterocycles. The molecular formula is C16H26N2O3. The molecule has 0 unspecified atom stereocenters. The summed E-state index contributed by atoms with van der Waals surface area (Å²) in [5.74, 6) is 0.696. The monoisotopic (exact) mass is 294 g/mol. The van der Waals surface area contributed by atoms with E-state index in [-0.39, 0.29) is 22.2 Å². The Morgan fingerprint density at radius 1 is 1.10 bits per heavy atom. The first-order valence-corrected chi connectivity index (χ1v) is 8.28. The number of nitro groups is 1. The second-order valence-corrected chi connectivity index (χ2v) is 6.46. The van der Waals surface area contributed by atoms with E-state index in [0.29, 0.717) is 12.3 Å². The van der Waals surface area contributed by atoms with E-state index < -0.39 is 0 Å². The van der Waals surface area contributed by atoms with Crippen molar-refractivity contribution in [1.29, 1.82) is 0 Å². The molecule has 0 aromatic heterocycles. The van der Waals surface area contributed by atoms with Crippen LogP contribution in [-0.4, -0.2) is 15.8 Å². The average Bonchev–Trinajstić information content (AvgIpc) is 2.52. The molecule has 5 nitrogen and oxygen atoms in total. The van der Waals surface area contributed by atoms with Crippen LogP contribution in [0.15, 0.2) is 16.9 Å². The standard InChI is InChI=1S/C16H26N2O3/c19-17-15(11-13-7-3-1-4-8-13)16(18(20)21)12-14-9-5-2-6-10-14/h12-14,19H,1-11H2/b16-12+,17-15+. The van der Waals surface area contributed by atoms with Crippen LogP contribution in [0.2, 0.25) is 0 Å². The van der Waals surface area contributed by atoms with Crippen molar-refractivity contribution in [1.82, 2.24) is 0 Å². The molecule has 0 aliphatic heterocycles. The summed E-state index contributed by atoms with van der Waals surface area (Å²) in [7, 11) is 0. The molecule has 2 rings (SSSR count). The highest BCUT2D eigenvalue weighted by molar-refractivity contribution is 5.97. The summed E-state index contributed by atoms with van der Waals surface area (Å²) in [6.07, 6.45) is 13.6. The van der Waals surface area contributed by atoms with Crippen molar-refractivity contribution in [3.05, 3.63) is 21.9 Å². The highest BCUT2D eigenvalue weighted by atomic mass is 16.6. The minimum Gasteiger partial charge on any atom is -0.410 e. The van der Waals surface area contributed by atoms with Crippen LogP contribution >= 0.6 is 0 Å². The Hall–Kier alpha value is -1.39. The molecule has 5 heteroatoms. The van der Waals surface area contributed by atoms with Crippen LogP contribution in [0.25, 0.3) is 0 Å². The molecule has 0 bridgehead atoms. The second kappa shape index (κ2) is 8.15. The predicted molar refractivity (Wildman–Crippen MR) is 82.1 cm³/mol. The van der Waals surface area contributed by atoms with Crippen molar-refractivity contribution >= 4 is 5.71 Å². The lowest BCUT2D eigenvalue weighted by molar-refractivity contribution is -0.416. The van der Waals surface area contributed by atoms with Crippen molar-refractivity contribution in [2.45, 2.75) is 70.6 Å². The summed E-state index contributed by atoms with van der Waals surface area (Å²) in [6.45, 7) is 0. The van der Waals surface area contributed by atoms with Crippen LogP contribution in [0.1, 0.15) is 70.6 Å². The van der Waals surface area contributed by atoms with Gasteiger partial charge in [0.15, 0.2) is 5.71 Å². The fourth-order valence-corrected chi connectivity index (χ4v) is 3.65. The lowest BCUT2D eigenvalue weighted by Crippen LogP contribution is -2.19. The van der Waals surface area contributed by atoms with E-state index in [9.17, 15) is 15.3 Å². The van der Waals surface area contributed by atoms with Gasteiger partial charge in [-0.05, 0) is 30.8 Å². The van der Waals surface area contributed by atoms with Gasteiger partial charge in [-0.15, -0.1) is 0 Å². The van der Waals surface area contributed by atoms with Gasteiger partial charge >= 0.3 is 0 Å². The Morgan fingerprint density at radius 2 is 1.67 bits per heavy atom. The van der Waals surface area contributed by atoms with Crippen LogP contribution in [0.3, 0.4) is 0 Å². The largest absolute Gasteiger partial charge is 0.410 e. The molecule has 0 atom stereocenters. The van der Waals surface area contributed by atoms with Crippen molar-refractivity contribution in [2.75, 3.05) is 0 Å². The van der Waals surface area contributed by atoms with E-state index in [1.165, 1.54) is 25.7 Å². The number of rotatable bonds is 5. The quantitative estimate of drug-likeness (QED) is 0.350. The van der Waals surface area contributed by atoms with E-state index in [4.69, 9.17) is 0 Å². The molecular weight excluding hydrogens is 268 g/mol. The van der Waals surface area contributed by atoms with Gasteiger partial charge in [0, 0.05) is 6.42 Å². The van der Waals surface area contributed by atoms with Gasteiger partial charge in [-0.2, -0.15) is 0 Å². The number of oxime groups is 1. The van der Waals surface area contributed by atoms with Gasteiger partial charge in [0.05, 0.1) is 4.92 Å². The third kappa shape index (κ3) is 4.83. The molecule has 2 saturated carbocycles. The maximum Gasteiger partial charge on any atom is 0.290 e. The molecule has 0 spiro atoms. The number of allylic oxidation sites excluding steroid dienone is 2. The second-order valence-electron chi connectivity index (χ2n) is 6.46. The van der Waals surface area contributed by atoms with Crippen LogP contribution < -0.4 is 0 Å². The summed E-state index contributed by atoms with van der Waals surface area (Å²) in [5.41, 5.74) is 0.312. The first-order chi connectivity index (χ1) is 10.2. The normalized spacial score (nSPS) is 23.2. The van der Waals surface area contributed by atoms with Crippen molar-refractivity contribution in [3.63, 3.8) is 0 Å². The third-order valence-electron chi connectivity index (χ3n) is 4.86. The molecule has 0 aromatic carbocycles. The summed E-state index contributed by atoms with van der Waals surface area (Å²) in [4.78, 5) is 11.0. The van der Waals surface area contributed by atoms with E-state index in [2.05, 4.69) is 5.16 Å². The number of hydrogen-bond acceptors (Lipinski definition) is 4. The molecule has 1 N–H and O–H groups in total. The maximum atomic E-state index is 11.4. The zero-order valence-corrected chi connectivity index (χ0v) is 12.7. The highest BCUT2D eigenvalue weighted by Crippen LogP contribution is 2.30. The fraction of sp³-hybridized carbons (Fsp3) is 0.812. The van der Waals surface area contributed by atoms with Crippen LogP contribution in [0, 0.1) is 22.0 Å². The van der Waals surface area contributed by atoms with E-state index in [1.807, 2.05) is 0 Å². The SMILES string of the molecule is O=[N+]([O-])C(=C/C1CCCCC1)/C(CC1CCCCC1)=N/O. The van der Waals surface area contributed by atoms with Gasteiger partial charge in [0.2, 0.25) is 0 Å². The summed E-state index contributed by atoms with van der Waals surface area (Å²) >= 11 is 0. The number of nitrogens with zero attached hydrogens (tertiary/aromatic N) is 2. The minimum absolute atomic E-state index is 0.0370. The fourth-order valence-electron chi connectivity index (χ4n) is 3.65. The molecule has 118 valence electrons.